The number of amides is 1. The van der Waals surface area contributed by atoms with Gasteiger partial charge in [-0.25, -0.2) is 23.4 Å². The van der Waals surface area contributed by atoms with Crippen molar-refractivity contribution in [3.63, 3.8) is 0 Å². The third-order valence-corrected chi connectivity index (χ3v) is 12.5. The van der Waals surface area contributed by atoms with Crippen LogP contribution in [0.3, 0.4) is 0 Å². The van der Waals surface area contributed by atoms with Crippen LogP contribution in [-0.2, 0) is 19.6 Å². The maximum absolute atomic E-state index is 13.7. The Bertz CT molecular complexity index is 2440. The number of benzene rings is 4. The van der Waals surface area contributed by atoms with Crippen LogP contribution in [0.4, 0.5) is 22.0 Å². The summed E-state index contributed by atoms with van der Waals surface area (Å²) in [7, 11) is -0.933. The molecule has 6 N–H and O–H groups in total. The van der Waals surface area contributed by atoms with E-state index in [1.807, 2.05) is 19.9 Å². The van der Waals surface area contributed by atoms with Crippen molar-refractivity contribution in [2.45, 2.75) is 113 Å². The van der Waals surface area contributed by atoms with Gasteiger partial charge >= 0.3 is 5.97 Å². The van der Waals surface area contributed by atoms with E-state index in [2.05, 4.69) is 108 Å². The Morgan fingerprint density at radius 2 is 1.06 bits per heavy atom. The van der Waals surface area contributed by atoms with Gasteiger partial charge in [0.1, 0.15) is 24.7 Å². The Labute approximate surface area is 438 Å². The zero-order valence-electron chi connectivity index (χ0n) is 42.3. The number of rotatable bonds is 17. The summed E-state index contributed by atoms with van der Waals surface area (Å²) in [5.74, 6) is -8.21. The van der Waals surface area contributed by atoms with E-state index < -0.39 is 50.9 Å². The largest absolute Gasteiger partial charge is 0.490 e. The third kappa shape index (κ3) is 20.9. The van der Waals surface area contributed by atoms with Crippen LogP contribution in [-0.4, -0.2) is 77.6 Å². The van der Waals surface area contributed by atoms with Crippen molar-refractivity contribution in [3.8, 4) is 17.2 Å². The van der Waals surface area contributed by atoms with Crippen LogP contribution in [0.1, 0.15) is 113 Å². The molecule has 406 valence electrons. The van der Waals surface area contributed by atoms with Gasteiger partial charge in [0.05, 0.1) is 32.6 Å². The SMILES string of the molecule is C.CC[C@@H](NN)C(C)(C)C.CC[C@@H](NNC(=O)c1ccc(Br)c(OCCOC)c1C)C(C)(C)C.COCCOc1c(Br)ccc(C(=O)Oc2c(F)c(F)c(F)c(F)c2F)c1C.Cc1ccc(S(=O)(=O)O)cc1. The molecular weight excluding hydrogens is 1100 g/mol. The van der Waals surface area contributed by atoms with Crippen molar-refractivity contribution < 1.29 is 68.2 Å². The Balaban J connectivity index is 0.00000101. The highest BCUT2D eigenvalue weighted by Crippen LogP contribution is 2.35. The number of methoxy groups -OCH3 is 2. The summed E-state index contributed by atoms with van der Waals surface area (Å²) in [5, 5.41) is 0. The summed E-state index contributed by atoms with van der Waals surface area (Å²) in [6.45, 7) is 23.7. The first-order valence-electron chi connectivity index (χ1n) is 22.1. The lowest BCUT2D eigenvalue weighted by Gasteiger charge is -2.30. The van der Waals surface area contributed by atoms with Crippen LogP contribution in [0.2, 0.25) is 0 Å². The number of ether oxygens (including phenoxy) is 5. The standard InChI is InChI=1S/C18H29BrN2O3.C17H12BrF5O4.C7H18N2.C7H8O3S.CH4/c1-7-15(18(3,4)5)20-21-17(22)13-8-9-14(19)16(12(13)2)24-11-10-23-6;1-7-8(3-4-9(18)15(7)26-6-5-25-2)17(24)27-16-13(22)11(20)10(19)12(21)14(16)23;1-5-6(9-8)7(2,3)4;1-6-2-4-7(5-3-6)11(8,9)10;/h8-9,15,20H,7,10-11H2,1-6H3,(H,21,22);3-4H,5-6H2,1-2H3;6,9H,5,8H2,1-4H3;2-5H,1H3,(H,8,9,10);1H4/t15-;;6-;;/m1.1../s1. The number of nitrogens with one attached hydrogen (secondary N) is 3. The average Bonchev–Trinajstić information content (AvgIpc) is 3.28. The van der Waals surface area contributed by atoms with Crippen molar-refractivity contribution in [1.82, 2.24) is 16.3 Å². The molecule has 0 bridgehead atoms. The second-order valence-corrected chi connectivity index (χ2v) is 20.9. The lowest BCUT2D eigenvalue weighted by Crippen LogP contribution is -2.49. The molecule has 0 aromatic heterocycles. The van der Waals surface area contributed by atoms with Crippen molar-refractivity contribution in [2.24, 2.45) is 16.7 Å². The molecule has 4 rings (SSSR count). The number of hydrazine groups is 2. The first-order chi connectivity index (χ1) is 32.9. The van der Waals surface area contributed by atoms with Crippen LogP contribution >= 0.6 is 31.9 Å². The summed E-state index contributed by atoms with van der Waals surface area (Å²) < 4.78 is 123. The van der Waals surface area contributed by atoms with E-state index in [9.17, 15) is 40.0 Å². The molecular formula is C50H71Br2F5N4O10S. The van der Waals surface area contributed by atoms with Gasteiger partial charge in [-0.2, -0.15) is 17.2 Å². The van der Waals surface area contributed by atoms with Crippen LogP contribution < -0.4 is 36.3 Å². The number of carbonyl (C=O) groups excluding carboxylic acids is 2. The van der Waals surface area contributed by atoms with Crippen molar-refractivity contribution in [3.05, 3.63) is 114 Å². The second-order valence-electron chi connectivity index (χ2n) is 17.8. The highest BCUT2D eigenvalue weighted by atomic mass is 79.9. The molecule has 14 nitrogen and oxygen atoms in total. The molecule has 1 amide bonds. The van der Waals surface area contributed by atoms with E-state index in [4.69, 9.17) is 29.3 Å². The highest BCUT2D eigenvalue weighted by molar-refractivity contribution is 9.11. The summed E-state index contributed by atoms with van der Waals surface area (Å²) in [6, 6.07) is 12.9. The van der Waals surface area contributed by atoms with Gasteiger partial charge in [0.25, 0.3) is 16.0 Å². The number of halogens is 7. The Kier molecular flexibility index (Phi) is 29.6. The van der Waals surface area contributed by atoms with Gasteiger partial charge in [0.15, 0.2) is 0 Å². The molecule has 0 fully saturated rings. The summed E-state index contributed by atoms with van der Waals surface area (Å²) in [5.41, 5.74) is 11.5. The average molecular weight is 1180 g/mol. The molecule has 0 saturated heterocycles. The van der Waals surface area contributed by atoms with Crippen LogP contribution in [0.25, 0.3) is 0 Å². The fourth-order valence-corrected chi connectivity index (χ4v) is 7.82. The summed E-state index contributed by atoms with van der Waals surface area (Å²) >= 11 is 6.69. The molecule has 72 heavy (non-hydrogen) atoms. The lowest BCUT2D eigenvalue weighted by atomic mass is 9.86. The zero-order chi connectivity index (χ0) is 54.6. The smallest absolute Gasteiger partial charge is 0.344 e. The summed E-state index contributed by atoms with van der Waals surface area (Å²) in [4.78, 5) is 24.7. The van der Waals surface area contributed by atoms with Crippen LogP contribution in [0, 0.1) is 60.7 Å². The van der Waals surface area contributed by atoms with Gasteiger partial charge in [0.2, 0.25) is 34.8 Å². The number of esters is 1. The van der Waals surface area contributed by atoms with Gasteiger partial charge in [-0.15, -0.1) is 0 Å². The topological polar surface area (TPSA) is 197 Å². The molecule has 22 heteroatoms. The Hall–Kier alpha value is -4.26. The van der Waals surface area contributed by atoms with Gasteiger partial charge in [-0.05, 0) is 113 Å². The zero-order valence-corrected chi connectivity index (χ0v) is 46.3. The molecule has 4 aromatic carbocycles. The number of hydrogen-bond donors (Lipinski definition) is 5. The number of nitrogens with two attached hydrogens (primary N) is 1. The minimum Gasteiger partial charge on any atom is -0.490 e. The van der Waals surface area contributed by atoms with E-state index in [1.54, 1.807) is 25.3 Å². The van der Waals surface area contributed by atoms with Crippen molar-refractivity contribution in [2.75, 3.05) is 40.6 Å². The van der Waals surface area contributed by atoms with E-state index >= 15 is 0 Å². The van der Waals surface area contributed by atoms with E-state index in [0.717, 1.165) is 28.4 Å². The Morgan fingerprint density at radius 3 is 1.42 bits per heavy atom. The quantitative estimate of drug-likeness (QED) is 0.00771. The highest BCUT2D eigenvalue weighted by Gasteiger charge is 2.30. The van der Waals surface area contributed by atoms with Gasteiger partial charge in [0, 0.05) is 43.0 Å². The molecule has 0 aliphatic carbocycles. The maximum atomic E-state index is 13.7. The minimum atomic E-state index is -4.02. The number of aryl methyl sites for hydroxylation is 1. The van der Waals surface area contributed by atoms with E-state index in [1.165, 1.54) is 38.3 Å². The monoisotopic (exact) mass is 1170 g/mol. The molecule has 0 radical (unpaired) electrons. The number of carbonyl (C=O) groups is 2. The second kappa shape index (κ2) is 31.5. The number of hydrogen-bond acceptors (Lipinski definition) is 12. The molecule has 0 unspecified atom stereocenters. The Morgan fingerprint density at radius 1 is 0.653 bits per heavy atom. The molecule has 4 aromatic rings. The van der Waals surface area contributed by atoms with Crippen molar-refractivity contribution >= 4 is 53.9 Å². The third-order valence-electron chi connectivity index (χ3n) is 10.4. The molecule has 0 spiro atoms. The first-order valence-corrected chi connectivity index (χ1v) is 25.1. The predicted molar refractivity (Wildman–Crippen MR) is 276 cm³/mol. The van der Waals surface area contributed by atoms with Crippen molar-refractivity contribution in [1.29, 1.82) is 0 Å². The van der Waals surface area contributed by atoms with E-state index in [-0.39, 0.29) is 65.2 Å². The first kappa shape index (κ1) is 67.7. The molecule has 2 atom stereocenters. The van der Waals surface area contributed by atoms with E-state index in [0.29, 0.717) is 35.0 Å². The fourth-order valence-electron chi connectivity index (χ4n) is 6.26. The van der Waals surface area contributed by atoms with Crippen LogP contribution in [0.5, 0.6) is 17.2 Å². The van der Waals surface area contributed by atoms with Gasteiger partial charge in [-0.1, -0.05) is 80.5 Å². The molecule has 0 aliphatic heterocycles. The fraction of sp³-hybridized carbons (Fsp3) is 0.480. The molecule has 0 heterocycles. The molecule has 0 aliphatic rings. The summed E-state index contributed by atoms with van der Waals surface area (Å²) in [6.07, 6.45) is 2.01. The van der Waals surface area contributed by atoms with Gasteiger partial charge in [-0.3, -0.25) is 26.0 Å². The normalized spacial score (nSPS) is 12.0. The molecule has 0 saturated carbocycles. The van der Waals surface area contributed by atoms with Crippen LogP contribution in [0.15, 0.2) is 62.4 Å². The van der Waals surface area contributed by atoms with Gasteiger partial charge < -0.3 is 23.7 Å². The predicted octanol–water partition coefficient (Wildman–Crippen LogP) is 11.7. The maximum Gasteiger partial charge on any atom is 0.344 e. The lowest BCUT2D eigenvalue weighted by molar-refractivity contribution is 0.0714. The minimum absolute atomic E-state index is 0.